The minimum atomic E-state index is -0.464. The van der Waals surface area contributed by atoms with Crippen molar-refractivity contribution in [2.45, 2.75) is 27.7 Å². The molecule has 0 saturated carbocycles. The Morgan fingerprint density at radius 1 is 0.842 bits per heavy atom. The highest BCUT2D eigenvalue weighted by Crippen LogP contribution is 2.42. The normalized spacial score (nSPS) is 17.2. The predicted octanol–water partition coefficient (Wildman–Crippen LogP) is 3.19. The van der Waals surface area contributed by atoms with Crippen molar-refractivity contribution in [3.05, 3.63) is 45.7 Å². The van der Waals surface area contributed by atoms with E-state index in [1.165, 1.54) is 0 Å². The summed E-state index contributed by atoms with van der Waals surface area (Å²) in [5.74, 6) is -0.353. The molecule has 1 aromatic rings. The summed E-state index contributed by atoms with van der Waals surface area (Å²) in [7, 11) is 0. The molecule has 3 nitrogen and oxygen atoms in total. The number of benzene rings is 1. The molecule has 1 heterocycles. The van der Waals surface area contributed by atoms with Crippen LogP contribution in [0.15, 0.2) is 17.9 Å². The Kier molecular flexibility index (Phi) is 2.30. The number of carbonyl (C=O) groups is 2. The third-order valence-corrected chi connectivity index (χ3v) is 3.81. The standard InChI is InChI=1S/C16H14O3/c1-7-5-8(2)12-13-11(7)9(3)6-19-16(13)10(4)14(17)15(12)18/h5-6H,1-4H3. The van der Waals surface area contributed by atoms with Gasteiger partial charge in [-0.15, -0.1) is 0 Å². The van der Waals surface area contributed by atoms with E-state index in [1.54, 1.807) is 13.2 Å². The van der Waals surface area contributed by atoms with Gasteiger partial charge in [0.2, 0.25) is 11.6 Å². The molecule has 19 heavy (non-hydrogen) atoms. The van der Waals surface area contributed by atoms with E-state index in [0.717, 1.165) is 27.8 Å². The fourth-order valence-corrected chi connectivity index (χ4v) is 2.94. The lowest BCUT2D eigenvalue weighted by Gasteiger charge is -2.28. The molecule has 0 spiro atoms. The van der Waals surface area contributed by atoms with Crippen molar-refractivity contribution < 1.29 is 14.3 Å². The molecule has 0 aromatic heterocycles. The number of hydrogen-bond acceptors (Lipinski definition) is 3. The number of aryl methyl sites for hydroxylation is 2. The molecule has 1 aliphatic heterocycles. The summed E-state index contributed by atoms with van der Waals surface area (Å²) in [6, 6.07) is 1.96. The van der Waals surface area contributed by atoms with Crippen LogP contribution in [-0.4, -0.2) is 11.6 Å². The Hall–Kier alpha value is -2.16. The molecule has 0 bridgehead atoms. The molecule has 1 aromatic carbocycles. The highest BCUT2D eigenvalue weighted by atomic mass is 16.5. The monoisotopic (exact) mass is 254 g/mol. The van der Waals surface area contributed by atoms with Gasteiger partial charge in [0.15, 0.2) is 0 Å². The van der Waals surface area contributed by atoms with E-state index < -0.39 is 11.6 Å². The summed E-state index contributed by atoms with van der Waals surface area (Å²) in [6.45, 7) is 7.47. The second kappa shape index (κ2) is 3.67. The van der Waals surface area contributed by atoms with Crippen LogP contribution in [-0.2, 0) is 9.53 Å². The van der Waals surface area contributed by atoms with Gasteiger partial charge in [-0.1, -0.05) is 6.07 Å². The van der Waals surface area contributed by atoms with Crippen LogP contribution in [0.4, 0.5) is 0 Å². The van der Waals surface area contributed by atoms with E-state index in [4.69, 9.17) is 4.74 Å². The zero-order valence-corrected chi connectivity index (χ0v) is 11.4. The first kappa shape index (κ1) is 11.9. The summed E-state index contributed by atoms with van der Waals surface area (Å²) in [5.41, 5.74) is 5.61. The lowest BCUT2D eigenvalue weighted by Crippen LogP contribution is -2.26. The molecule has 0 fully saturated rings. The first-order chi connectivity index (χ1) is 8.93. The molecule has 0 radical (unpaired) electrons. The highest BCUT2D eigenvalue weighted by molar-refractivity contribution is 6.52. The van der Waals surface area contributed by atoms with E-state index in [2.05, 4.69) is 0 Å². The maximum Gasteiger partial charge on any atom is 0.234 e. The Balaban J connectivity index is 2.53. The molecule has 0 N–H and O–H groups in total. The molecule has 0 unspecified atom stereocenters. The summed E-state index contributed by atoms with van der Waals surface area (Å²) in [6.07, 6.45) is 1.65. The number of carbonyl (C=O) groups excluding carboxylic acids is 2. The number of ketones is 2. The van der Waals surface area contributed by atoms with Crippen LogP contribution in [0.3, 0.4) is 0 Å². The van der Waals surface area contributed by atoms with Crippen molar-refractivity contribution in [1.29, 1.82) is 0 Å². The van der Waals surface area contributed by atoms with Gasteiger partial charge in [-0.3, -0.25) is 9.59 Å². The first-order valence-corrected chi connectivity index (χ1v) is 6.21. The highest BCUT2D eigenvalue weighted by Gasteiger charge is 2.36. The molecular formula is C16H14O3. The summed E-state index contributed by atoms with van der Waals surface area (Å²) >= 11 is 0. The quantitative estimate of drug-likeness (QED) is 0.668. The van der Waals surface area contributed by atoms with Crippen molar-refractivity contribution in [2.75, 3.05) is 0 Å². The molecule has 3 rings (SSSR count). The smallest absolute Gasteiger partial charge is 0.234 e. The van der Waals surface area contributed by atoms with E-state index in [-0.39, 0.29) is 0 Å². The topological polar surface area (TPSA) is 43.4 Å². The van der Waals surface area contributed by atoms with Crippen LogP contribution in [0, 0.1) is 13.8 Å². The molecule has 3 heteroatoms. The number of hydrogen-bond donors (Lipinski definition) is 0. The molecule has 1 aliphatic carbocycles. The van der Waals surface area contributed by atoms with Gasteiger partial charge in [0.05, 0.1) is 6.26 Å². The van der Waals surface area contributed by atoms with Crippen molar-refractivity contribution in [1.82, 2.24) is 0 Å². The summed E-state index contributed by atoms with van der Waals surface area (Å²) < 4.78 is 5.58. The van der Waals surface area contributed by atoms with Crippen molar-refractivity contribution in [2.24, 2.45) is 0 Å². The van der Waals surface area contributed by atoms with E-state index in [1.807, 2.05) is 26.8 Å². The lowest BCUT2D eigenvalue weighted by atomic mass is 9.79. The fourth-order valence-electron chi connectivity index (χ4n) is 2.94. The maximum atomic E-state index is 12.2. The SMILES string of the molecule is CC1=COC2=C(C)C(=O)C(=O)c3c(C)cc(C)c1c32. The number of Topliss-reactive ketones (excluding diaryl/α,β-unsaturated/α-hetero) is 2. The number of ether oxygens (including phenoxy) is 1. The van der Waals surface area contributed by atoms with E-state index in [9.17, 15) is 9.59 Å². The molecular weight excluding hydrogens is 240 g/mol. The Labute approximate surface area is 111 Å². The van der Waals surface area contributed by atoms with Crippen molar-refractivity contribution in [3.63, 3.8) is 0 Å². The van der Waals surface area contributed by atoms with Crippen LogP contribution in [0.2, 0.25) is 0 Å². The fraction of sp³-hybridized carbons (Fsp3) is 0.250. The average Bonchev–Trinajstić information content (AvgIpc) is 2.35. The van der Waals surface area contributed by atoms with Crippen LogP contribution >= 0.6 is 0 Å². The Morgan fingerprint density at radius 3 is 2.16 bits per heavy atom. The third-order valence-electron chi connectivity index (χ3n) is 3.81. The molecule has 0 atom stereocenters. The van der Waals surface area contributed by atoms with Crippen molar-refractivity contribution in [3.8, 4) is 0 Å². The minimum Gasteiger partial charge on any atom is -0.464 e. The summed E-state index contributed by atoms with van der Waals surface area (Å²) in [4.78, 5) is 24.2. The Morgan fingerprint density at radius 2 is 1.47 bits per heavy atom. The number of allylic oxidation sites excluding steroid dienone is 2. The van der Waals surface area contributed by atoms with Crippen LogP contribution in [0.1, 0.15) is 46.5 Å². The average molecular weight is 254 g/mol. The van der Waals surface area contributed by atoms with E-state index >= 15 is 0 Å². The third kappa shape index (κ3) is 1.38. The lowest BCUT2D eigenvalue weighted by molar-refractivity contribution is -0.111. The molecule has 0 saturated heterocycles. The van der Waals surface area contributed by atoms with Crippen LogP contribution < -0.4 is 0 Å². The van der Waals surface area contributed by atoms with Gasteiger partial charge in [-0.05, 0) is 50.0 Å². The summed E-state index contributed by atoms with van der Waals surface area (Å²) in [5, 5.41) is 0. The van der Waals surface area contributed by atoms with Gasteiger partial charge in [0.1, 0.15) is 5.76 Å². The van der Waals surface area contributed by atoms with Gasteiger partial charge in [-0.25, -0.2) is 0 Å². The van der Waals surface area contributed by atoms with Gasteiger partial charge in [-0.2, -0.15) is 0 Å². The zero-order chi connectivity index (χ0) is 13.9. The maximum absolute atomic E-state index is 12.2. The van der Waals surface area contributed by atoms with Gasteiger partial charge in [0.25, 0.3) is 0 Å². The molecule has 2 aliphatic rings. The van der Waals surface area contributed by atoms with Gasteiger partial charge < -0.3 is 4.74 Å². The zero-order valence-electron chi connectivity index (χ0n) is 11.4. The van der Waals surface area contributed by atoms with Crippen LogP contribution in [0.25, 0.3) is 11.3 Å². The Bertz CT molecular complexity index is 718. The second-order valence-corrected chi connectivity index (χ2v) is 5.17. The van der Waals surface area contributed by atoms with Crippen LogP contribution in [0.5, 0.6) is 0 Å². The van der Waals surface area contributed by atoms with E-state index in [0.29, 0.717) is 16.9 Å². The molecule has 0 amide bonds. The number of rotatable bonds is 0. The molecule has 96 valence electrons. The predicted molar refractivity (Wildman–Crippen MR) is 72.6 cm³/mol. The van der Waals surface area contributed by atoms with Gasteiger partial charge >= 0.3 is 0 Å². The first-order valence-electron chi connectivity index (χ1n) is 6.21. The van der Waals surface area contributed by atoms with Crippen molar-refractivity contribution >= 4 is 22.9 Å². The van der Waals surface area contributed by atoms with Gasteiger partial charge in [0, 0.05) is 16.7 Å². The second-order valence-electron chi connectivity index (χ2n) is 5.17. The minimum absolute atomic E-state index is 0.396. The largest absolute Gasteiger partial charge is 0.464 e.